The van der Waals surface area contributed by atoms with Crippen molar-refractivity contribution in [3.05, 3.63) is 89.5 Å². The number of rotatable bonds is 5. The van der Waals surface area contributed by atoms with E-state index in [1.54, 1.807) is 23.5 Å². The van der Waals surface area contributed by atoms with Crippen LogP contribution in [0.15, 0.2) is 87.5 Å². The Labute approximate surface area is 202 Å². The molecular weight excluding hydrogens is 471 g/mol. The lowest BCUT2D eigenvalue weighted by Crippen LogP contribution is -1.90. The third-order valence-electron chi connectivity index (χ3n) is 3.88. The van der Waals surface area contributed by atoms with Gasteiger partial charge in [-0.15, -0.1) is 46.7 Å². The summed E-state index contributed by atoms with van der Waals surface area (Å²) < 4.78 is 11.1. The third-order valence-corrected chi connectivity index (χ3v) is 7.26. The van der Waals surface area contributed by atoms with Gasteiger partial charge in [-0.1, -0.05) is 53.1 Å². The van der Waals surface area contributed by atoms with Gasteiger partial charge in [0.25, 0.3) is 0 Å². The van der Waals surface area contributed by atoms with Crippen molar-refractivity contribution >= 4 is 57.5 Å². The number of aryl methyl sites for hydroxylation is 3. The molecule has 0 bridgehead atoms. The van der Waals surface area contributed by atoms with E-state index >= 15 is 0 Å². The van der Waals surface area contributed by atoms with Crippen molar-refractivity contribution in [1.82, 2.24) is 0 Å². The maximum Gasteiger partial charge on any atom is 0.103 e. The van der Waals surface area contributed by atoms with Crippen LogP contribution >= 0.6 is 46.7 Å². The second kappa shape index (κ2) is 15.8. The first kappa shape index (κ1) is 27.1. The van der Waals surface area contributed by atoms with E-state index in [-0.39, 0.29) is 5.21 Å². The van der Waals surface area contributed by atoms with E-state index in [4.69, 9.17) is 23.2 Å². The molecule has 30 heavy (non-hydrogen) atoms. The normalized spacial score (nSPS) is 10.9. The zero-order valence-corrected chi connectivity index (χ0v) is 21.7. The number of halogens is 2. The summed E-state index contributed by atoms with van der Waals surface area (Å²) >= 11 is 14.4. The van der Waals surface area contributed by atoms with Gasteiger partial charge < -0.3 is 0 Å². The molecule has 3 aromatic rings. The summed E-state index contributed by atoms with van der Waals surface area (Å²) in [4.78, 5) is 3.37. The molecule has 0 aromatic heterocycles. The summed E-state index contributed by atoms with van der Waals surface area (Å²) in [5.74, 6) is 0. The molecule has 0 saturated carbocycles. The van der Waals surface area contributed by atoms with Crippen LogP contribution < -0.4 is 0 Å². The highest BCUT2D eigenvalue weighted by atomic mass is 35.5. The summed E-state index contributed by atoms with van der Waals surface area (Å²) in [5, 5.41) is 0.798. The van der Waals surface area contributed by atoms with E-state index in [1.165, 1.54) is 26.5 Å². The van der Waals surface area contributed by atoms with Crippen molar-refractivity contribution in [3.8, 4) is 0 Å². The fraction of sp³-hybridized carbons (Fsp3) is 0.250. The first-order valence-electron chi connectivity index (χ1n) is 9.26. The van der Waals surface area contributed by atoms with Crippen molar-refractivity contribution < 1.29 is 4.21 Å². The molecule has 0 aliphatic carbocycles. The molecule has 0 saturated heterocycles. The topological polar surface area (TPSA) is 17.1 Å². The Balaban J connectivity index is 0.000000226. The van der Waals surface area contributed by atoms with Crippen molar-refractivity contribution in [3.63, 3.8) is 0 Å². The predicted octanol–water partition coefficient (Wildman–Crippen LogP) is 8.30. The van der Waals surface area contributed by atoms with Crippen LogP contribution in [0.1, 0.15) is 16.7 Å². The maximum atomic E-state index is 11.1. The van der Waals surface area contributed by atoms with E-state index in [9.17, 15) is 4.21 Å². The highest BCUT2D eigenvalue weighted by molar-refractivity contribution is 8.00. The highest BCUT2D eigenvalue weighted by Crippen LogP contribution is 2.18. The van der Waals surface area contributed by atoms with Crippen molar-refractivity contribution in [1.29, 1.82) is 0 Å². The molecule has 162 valence electrons. The Morgan fingerprint density at radius 3 is 1.47 bits per heavy atom. The number of hydrogen-bond acceptors (Lipinski definition) is 3. The van der Waals surface area contributed by atoms with Crippen LogP contribution in [0, 0.1) is 20.8 Å². The minimum Gasteiger partial charge on any atom is -0.253 e. The zero-order chi connectivity index (χ0) is 22.4. The average molecular weight is 500 g/mol. The van der Waals surface area contributed by atoms with Gasteiger partial charge in [-0.2, -0.15) is 0 Å². The van der Waals surface area contributed by atoms with Gasteiger partial charge in [0.2, 0.25) is 0 Å². The van der Waals surface area contributed by atoms with E-state index < -0.39 is 10.8 Å². The van der Waals surface area contributed by atoms with E-state index in [2.05, 4.69) is 68.6 Å². The first-order chi connectivity index (χ1) is 14.4. The molecule has 1 unspecified atom stereocenters. The van der Waals surface area contributed by atoms with Crippen LogP contribution in [0.2, 0.25) is 0 Å². The van der Waals surface area contributed by atoms with Gasteiger partial charge in [0.05, 0.1) is 16.0 Å². The van der Waals surface area contributed by atoms with E-state index in [1.807, 2.05) is 31.2 Å². The lowest BCUT2D eigenvalue weighted by atomic mass is 10.2. The summed E-state index contributed by atoms with van der Waals surface area (Å²) in [6.45, 7) is 6.17. The Kier molecular flexibility index (Phi) is 14.3. The standard InChI is InChI=1S/C8H9ClOS.C8H9ClS.C8H10S/c1-7-2-4-8(5-3-7)11(10)6-9;1-7-2-4-8(5-3-7)10-6-9;1-7-3-5-8(9-2)6-4-7/h2-5H,6H2,1H3;2-5H,6H2,1H3;3-6H,1-2H3. The monoisotopic (exact) mass is 498 g/mol. The molecule has 1 atom stereocenters. The molecular formula is C24H28Cl2OS3. The number of benzene rings is 3. The molecule has 0 fully saturated rings. The summed E-state index contributed by atoms with van der Waals surface area (Å²) in [6, 6.07) is 24.4. The molecule has 0 spiro atoms. The van der Waals surface area contributed by atoms with Gasteiger partial charge in [-0.05, 0) is 63.4 Å². The fourth-order valence-electron chi connectivity index (χ4n) is 2.12. The molecule has 3 aromatic carbocycles. The molecule has 0 aliphatic heterocycles. The van der Waals surface area contributed by atoms with Crippen LogP contribution in [0.5, 0.6) is 0 Å². The average Bonchev–Trinajstić information content (AvgIpc) is 2.77. The quantitative estimate of drug-likeness (QED) is 0.260. The molecule has 0 heterocycles. The van der Waals surface area contributed by atoms with Crippen LogP contribution in [-0.2, 0) is 10.8 Å². The van der Waals surface area contributed by atoms with Gasteiger partial charge >= 0.3 is 0 Å². The summed E-state index contributed by atoms with van der Waals surface area (Å²) in [5.41, 5.74) is 3.78. The smallest absolute Gasteiger partial charge is 0.103 e. The highest BCUT2D eigenvalue weighted by Gasteiger charge is 1.99. The van der Waals surface area contributed by atoms with E-state index in [0.717, 1.165) is 4.90 Å². The van der Waals surface area contributed by atoms with Crippen LogP contribution in [0.4, 0.5) is 0 Å². The minimum atomic E-state index is -1.03. The van der Waals surface area contributed by atoms with Crippen molar-refractivity contribution in [2.45, 2.75) is 35.5 Å². The Morgan fingerprint density at radius 2 is 1.10 bits per heavy atom. The van der Waals surface area contributed by atoms with Gasteiger partial charge in [0, 0.05) is 14.7 Å². The SMILES string of the molecule is CSc1ccc(C)cc1.Cc1ccc(S(=O)CCl)cc1.Cc1ccc(SCCl)cc1. The Hall–Kier alpha value is -0.910. The number of thioether (sulfide) groups is 2. The second-order valence-corrected chi connectivity index (χ2v) is 10.9. The minimum absolute atomic E-state index is 0.170. The third kappa shape index (κ3) is 11.5. The fourth-order valence-corrected chi connectivity index (χ4v) is 4.31. The number of alkyl halides is 2. The zero-order valence-electron chi connectivity index (χ0n) is 17.7. The lowest BCUT2D eigenvalue weighted by Gasteiger charge is -1.97. The van der Waals surface area contributed by atoms with Crippen molar-refractivity contribution in [2.75, 3.05) is 16.7 Å². The van der Waals surface area contributed by atoms with Crippen LogP contribution in [0.3, 0.4) is 0 Å². The first-order valence-corrected chi connectivity index (χ1v) is 13.9. The molecule has 3 rings (SSSR count). The molecule has 0 aliphatic rings. The molecule has 1 nitrogen and oxygen atoms in total. The van der Waals surface area contributed by atoms with E-state index in [0.29, 0.717) is 5.21 Å². The lowest BCUT2D eigenvalue weighted by molar-refractivity contribution is 0.686. The predicted molar refractivity (Wildman–Crippen MR) is 139 cm³/mol. The molecule has 6 heteroatoms. The van der Waals surface area contributed by atoms with Gasteiger partial charge in [-0.25, -0.2) is 0 Å². The molecule has 0 amide bonds. The van der Waals surface area contributed by atoms with Crippen LogP contribution in [0.25, 0.3) is 0 Å². The van der Waals surface area contributed by atoms with Crippen LogP contribution in [-0.4, -0.2) is 20.9 Å². The summed E-state index contributed by atoms with van der Waals surface area (Å²) in [6.07, 6.45) is 2.09. The van der Waals surface area contributed by atoms with Gasteiger partial charge in [0.15, 0.2) is 0 Å². The molecule has 0 radical (unpaired) electrons. The summed E-state index contributed by atoms with van der Waals surface area (Å²) in [7, 11) is -1.03. The largest absolute Gasteiger partial charge is 0.253 e. The number of hydrogen-bond donors (Lipinski definition) is 0. The Bertz CT molecular complexity index is 864. The van der Waals surface area contributed by atoms with Gasteiger partial charge in [-0.3, -0.25) is 4.21 Å². The maximum absolute atomic E-state index is 11.1. The Morgan fingerprint density at radius 1 is 0.700 bits per heavy atom. The molecule has 0 N–H and O–H groups in total. The van der Waals surface area contributed by atoms with Gasteiger partial charge in [0.1, 0.15) is 5.21 Å². The second-order valence-electron chi connectivity index (χ2n) is 6.35. The van der Waals surface area contributed by atoms with Crippen molar-refractivity contribution in [2.24, 2.45) is 0 Å².